The van der Waals surface area contributed by atoms with Gasteiger partial charge in [-0.25, -0.2) is 13.1 Å². The summed E-state index contributed by atoms with van der Waals surface area (Å²) in [7, 11) is -2.15. The average Bonchev–Trinajstić information content (AvgIpc) is 2.90. The summed E-state index contributed by atoms with van der Waals surface area (Å²) < 4.78 is 32.0. The highest BCUT2D eigenvalue weighted by molar-refractivity contribution is 7.89. The number of nitrogens with one attached hydrogen (secondary N) is 2. The van der Waals surface area contributed by atoms with E-state index < -0.39 is 16.1 Å². The van der Waals surface area contributed by atoms with Crippen LogP contribution in [-0.2, 0) is 32.6 Å². The molecule has 0 spiro atoms. The molecule has 35 heavy (non-hydrogen) atoms. The van der Waals surface area contributed by atoms with Crippen molar-refractivity contribution in [1.29, 1.82) is 0 Å². The number of aryl methyl sites for hydroxylation is 1. The van der Waals surface area contributed by atoms with Crippen molar-refractivity contribution in [1.82, 2.24) is 10.0 Å². The second-order valence-electron chi connectivity index (χ2n) is 8.13. The molecule has 0 aromatic heterocycles. The first-order valence-electron chi connectivity index (χ1n) is 11.3. The number of amides is 2. The van der Waals surface area contributed by atoms with Gasteiger partial charge in [-0.3, -0.25) is 9.59 Å². The fourth-order valence-corrected chi connectivity index (χ4v) is 4.58. The highest BCUT2D eigenvalue weighted by Gasteiger charge is 2.33. The summed E-state index contributed by atoms with van der Waals surface area (Å²) in [5.41, 5.74) is 2.44. The van der Waals surface area contributed by atoms with Crippen LogP contribution in [0.3, 0.4) is 0 Å². The molecule has 0 aliphatic carbocycles. The van der Waals surface area contributed by atoms with Crippen LogP contribution in [0.15, 0.2) is 83.8 Å². The van der Waals surface area contributed by atoms with Crippen LogP contribution in [0, 0.1) is 0 Å². The maximum absolute atomic E-state index is 13.2. The quantitative estimate of drug-likeness (QED) is 0.502. The molecule has 0 saturated carbocycles. The number of fused-ring (bicyclic) bond motifs is 1. The number of ether oxygens (including phenoxy) is 1. The van der Waals surface area contributed by atoms with Crippen molar-refractivity contribution >= 4 is 27.5 Å². The molecule has 3 aromatic rings. The minimum atomic E-state index is -3.51. The molecule has 0 bridgehead atoms. The van der Waals surface area contributed by atoms with E-state index in [2.05, 4.69) is 10.0 Å². The second-order valence-corrected chi connectivity index (χ2v) is 10.0. The summed E-state index contributed by atoms with van der Waals surface area (Å²) in [6, 6.07) is 23.2. The maximum Gasteiger partial charge on any atom is 0.263 e. The van der Waals surface area contributed by atoms with E-state index in [9.17, 15) is 18.0 Å². The average molecular weight is 494 g/mol. The van der Waals surface area contributed by atoms with E-state index in [4.69, 9.17) is 4.74 Å². The van der Waals surface area contributed by atoms with Crippen LogP contribution in [0.1, 0.15) is 17.5 Å². The lowest BCUT2D eigenvalue weighted by Gasteiger charge is -2.34. The van der Waals surface area contributed by atoms with Crippen LogP contribution in [0.5, 0.6) is 5.75 Å². The lowest BCUT2D eigenvalue weighted by molar-refractivity contribution is -0.128. The molecule has 0 fully saturated rings. The van der Waals surface area contributed by atoms with Gasteiger partial charge in [0.15, 0.2) is 6.10 Å². The molecule has 1 heterocycles. The van der Waals surface area contributed by atoms with E-state index >= 15 is 0 Å². The van der Waals surface area contributed by atoms with Crippen molar-refractivity contribution in [3.05, 3.63) is 90.0 Å². The third kappa shape index (κ3) is 5.87. The van der Waals surface area contributed by atoms with E-state index in [0.717, 1.165) is 11.1 Å². The van der Waals surface area contributed by atoms with Crippen LogP contribution in [0.2, 0.25) is 0 Å². The number of rotatable bonds is 8. The number of carbonyl (C=O) groups is 2. The smallest absolute Gasteiger partial charge is 0.263 e. The van der Waals surface area contributed by atoms with Gasteiger partial charge in [-0.15, -0.1) is 0 Å². The number of benzene rings is 3. The van der Waals surface area contributed by atoms with Gasteiger partial charge in [0.25, 0.3) is 5.91 Å². The van der Waals surface area contributed by atoms with Crippen LogP contribution in [0.4, 0.5) is 5.69 Å². The summed E-state index contributed by atoms with van der Waals surface area (Å²) in [5.74, 6) is 0.0459. The van der Waals surface area contributed by atoms with Gasteiger partial charge < -0.3 is 15.0 Å². The van der Waals surface area contributed by atoms with Crippen molar-refractivity contribution in [2.75, 3.05) is 18.5 Å². The van der Waals surface area contributed by atoms with E-state index in [1.807, 2.05) is 36.4 Å². The Balaban J connectivity index is 1.42. The van der Waals surface area contributed by atoms with E-state index in [1.54, 1.807) is 35.2 Å². The van der Waals surface area contributed by atoms with Gasteiger partial charge in [0.1, 0.15) is 5.75 Å². The Hall–Kier alpha value is -3.69. The van der Waals surface area contributed by atoms with Crippen LogP contribution >= 0.6 is 0 Å². The molecule has 1 aliphatic rings. The molecule has 0 radical (unpaired) electrons. The lowest BCUT2D eigenvalue weighted by Crippen LogP contribution is -2.50. The Morgan fingerprint density at radius 3 is 2.34 bits per heavy atom. The third-order valence-corrected chi connectivity index (χ3v) is 7.24. The zero-order valence-corrected chi connectivity index (χ0v) is 20.1. The molecule has 4 rings (SSSR count). The van der Waals surface area contributed by atoms with Gasteiger partial charge in [0.05, 0.1) is 17.1 Å². The molecule has 1 atom stereocenters. The first-order valence-corrected chi connectivity index (χ1v) is 12.8. The summed E-state index contributed by atoms with van der Waals surface area (Å²) in [5, 5.41) is 2.88. The standard InChI is InChI=1S/C26H27N3O5S/c1-27-35(32,33)21-14-11-19(12-15-21)13-16-25(30)29-18-24(34-23-10-6-5-9-22(23)29)26(31)28-17-20-7-3-2-4-8-20/h2-12,14-15,24,27H,13,16-18H2,1H3,(H,28,31)/t24-/m0/s1. The summed E-state index contributed by atoms with van der Waals surface area (Å²) in [6.07, 6.45) is -0.197. The molecule has 182 valence electrons. The Bertz CT molecular complexity index is 1290. The zero-order chi connectivity index (χ0) is 24.8. The Morgan fingerprint density at radius 1 is 0.943 bits per heavy atom. The van der Waals surface area contributed by atoms with Crippen molar-refractivity contribution in [2.24, 2.45) is 0 Å². The highest BCUT2D eigenvalue weighted by atomic mass is 32.2. The van der Waals surface area contributed by atoms with Gasteiger partial charge in [-0.05, 0) is 48.9 Å². The minimum absolute atomic E-state index is 0.107. The number of para-hydroxylation sites is 2. The number of nitrogens with zero attached hydrogens (tertiary/aromatic N) is 1. The molecule has 0 unspecified atom stereocenters. The van der Waals surface area contributed by atoms with Gasteiger partial charge in [-0.2, -0.15) is 0 Å². The number of hydrogen-bond acceptors (Lipinski definition) is 5. The Morgan fingerprint density at radius 2 is 1.63 bits per heavy atom. The van der Waals surface area contributed by atoms with Gasteiger partial charge in [0.2, 0.25) is 15.9 Å². The highest BCUT2D eigenvalue weighted by Crippen LogP contribution is 2.33. The first-order chi connectivity index (χ1) is 16.9. The van der Waals surface area contributed by atoms with Gasteiger partial charge >= 0.3 is 0 Å². The first kappa shape index (κ1) is 24.4. The lowest BCUT2D eigenvalue weighted by atomic mass is 10.1. The molecule has 9 heteroatoms. The monoisotopic (exact) mass is 493 g/mol. The number of carbonyl (C=O) groups excluding carboxylic acids is 2. The van der Waals surface area contributed by atoms with Gasteiger partial charge in [-0.1, -0.05) is 54.6 Å². The fourth-order valence-electron chi connectivity index (χ4n) is 3.85. The second kappa shape index (κ2) is 10.7. The SMILES string of the molecule is CNS(=O)(=O)c1ccc(CCC(=O)N2C[C@@H](C(=O)NCc3ccccc3)Oc3ccccc32)cc1. The van der Waals surface area contributed by atoms with E-state index in [-0.39, 0.29) is 29.7 Å². The summed E-state index contributed by atoms with van der Waals surface area (Å²) in [4.78, 5) is 27.8. The molecule has 3 aromatic carbocycles. The van der Waals surface area contributed by atoms with Crippen LogP contribution in [-0.4, -0.2) is 39.9 Å². The molecular weight excluding hydrogens is 466 g/mol. The topological polar surface area (TPSA) is 105 Å². The largest absolute Gasteiger partial charge is 0.477 e. The molecule has 0 saturated heterocycles. The molecule has 8 nitrogen and oxygen atoms in total. The van der Waals surface area contributed by atoms with Crippen LogP contribution in [0.25, 0.3) is 0 Å². The summed E-state index contributed by atoms with van der Waals surface area (Å²) >= 11 is 0. The summed E-state index contributed by atoms with van der Waals surface area (Å²) in [6.45, 7) is 0.476. The van der Waals surface area contributed by atoms with E-state index in [1.165, 1.54) is 19.2 Å². The molecule has 1 aliphatic heterocycles. The number of sulfonamides is 1. The zero-order valence-electron chi connectivity index (χ0n) is 19.3. The number of hydrogen-bond donors (Lipinski definition) is 2. The Kier molecular flexibility index (Phi) is 7.48. The fraction of sp³-hybridized carbons (Fsp3) is 0.231. The molecule has 2 amide bonds. The third-order valence-electron chi connectivity index (χ3n) is 5.81. The van der Waals surface area contributed by atoms with Crippen molar-refractivity contribution in [3.63, 3.8) is 0 Å². The van der Waals surface area contributed by atoms with E-state index in [0.29, 0.717) is 24.4 Å². The molecule has 2 N–H and O–H groups in total. The predicted molar refractivity (Wildman–Crippen MR) is 133 cm³/mol. The van der Waals surface area contributed by atoms with Crippen molar-refractivity contribution < 1.29 is 22.7 Å². The van der Waals surface area contributed by atoms with Gasteiger partial charge in [0, 0.05) is 13.0 Å². The minimum Gasteiger partial charge on any atom is -0.477 e. The maximum atomic E-state index is 13.2. The van der Waals surface area contributed by atoms with Crippen LogP contribution < -0.4 is 19.7 Å². The normalized spacial score (nSPS) is 15.1. The Labute approximate surface area is 205 Å². The van der Waals surface area contributed by atoms with Crippen molar-refractivity contribution in [3.8, 4) is 5.75 Å². The predicted octanol–water partition coefficient (Wildman–Crippen LogP) is 2.64. The molecular formula is C26H27N3O5S. The number of anilines is 1. The van der Waals surface area contributed by atoms with Crippen molar-refractivity contribution in [2.45, 2.75) is 30.4 Å².